The molecule has 4 heteroatoms. The van der Waals surface area contributed by atoms with Gasteiger partial charge in [0.25, 0.3) is 0 Å². The molecule has 4 nitrogen and oxygen atoms in total. The van der Waals surface area contributed by atoms with E-state index in [1.807, 2.05) is 12.1 Å². The summed E-state index contributed by atoms with van der Waals surface area (Å²) < 4.78 is 0. The maximum Gasteiger partial charge on any atom is 0.101 e. The second-order valence-electron chi connectivity index (χ2n) is 4.50. The van der Waals surface area contributed by atoms with E-state index in [0.717, 1.165) is 31.6 Å². The molecule has 1 heterocycles. The molecule has 1 saturated heterocycles. The minimum atomic E-state index is 0.281. The smallest absolute Gasteiger partial charge is 0.101 e. The highest BCUT2D eigenvalue weighted by Crippen LogP contribution is 2.25. The summed E-state index contributed by atoms with van der Waals surface area (Å²) in [7, 11) is 0. The van der Waals surface area contributed by atoms with Crippen molar-refractivity contribution in [2.24, 2.45) is 5.92 Å². The highest BCUT2D eigenvalue weighted by molar-refractivity contribution is 5.63. The summed E-state index contributed by atoms with van der Waals surface area (Å²) in [6.45, 7) is 2.16. The van der Waals surface area contributed by atoms with E-state index in [0.29, 0.717) is 17.2 Å². The summed E-state index contributed by atoms with van der Waals surface area (Å²) in [6.07, 6.45) is 2.02. The fraction of sp³-hybridized carbons (Fsp3) is 0.462. The number of hydrogen-bond acceptors (Lipinski definition) is 4. The Morgan fingerprint density at radius 3 is 2.65 bits per heavy atom. The Morgan fingerprint density at radius 1 is 1.41 bits per heavy atom. The van der Waals surface area contributed by atoms with Crippen molar-refractivity contribution < 1.29 is 5.11 Å². The largest absolute Gasteiger partial charge is 0.398 e. The molecule has 0 atom stereocenters. The fourth-order valence-corrected chi connectivity index (χ4v) is 2.22. The standard InChI is InChI=1S/C13H17N3O/c14-8-11-1-2-12(7-13(11)15)16-5-3-10(9-17)4-6-16/h1-2,7,10,17H,3-6,9,15H2. The third-order valence-electron chi connectivity index (χ3n) is 3.39. The molecule has 0 aliphatic carbocycles. The van der Waals surface area contributed by atoms with Crippen LogP contribution in [0.15, 0.2) is 18.2 Å². The average molecular weight is 231 g/mol. The lowest BCUT2D eigenvalue weighted by Gasteiger charge is -2.33. The molecule has 0 spiro atoms. The van der Waals surface area contributed by atoms with E-state index in [1.54, 1.807) is 6.07 Å². The second kappa shape index (κ2) is 5.07. The summed E-state index contributed by atoms with van der Waals surface area (Å²) in [5.74, 6) is 0.432. The third-order valence-corrected chi connectivity index (χ3v) is 3.39. The van der Waals surface area contributed by atoms with Crippen LogP contribution in [0.4, 0.5) is 11.4 Å². The maximum atomic E-state index is 9.09. The van der Waals surface area contributed by atoms with Crippen LogP contribution in [0.2, 0.25) is 0 Å². The van der Waals surface area contributed by atoms with Gasteiger partial charge in [0.1, 0.15) is 6.07 Å². The molecular weight excluding hydrogens is 214 g/mol. The number of aliphatic hydroxyl groups is 1. The highest BCUT2D eigenvalue weighted by atomic mass is 16.3. The molecule has 0 bridgehead atoms. The van der Waals surface area contributed by atoms with E-state index < -0.39 is 0 Å². The molecule has 1 aliphatic heterocycles. The molecule has 0 unspecified atom stereocenters. The number of nitrogen functional groups attached to an aromatic ring is 1. The van der Waals surface area contributed by atoms with Crippen molar-refractivity contribution in [1.82, 2.24) is 0 Å². The van der Waals surface area contributed by atoms with E-state index in [4.69, 9.17) is 16.1 Å². The number of rotatable bonds is 2. The van der Waals surface area contributed by atoms with Crippen LogP contribution in [0.3, 0.4) is 0 Å². The highest BCUT2D eigenvalue weighted by Gasteiger charge is 2.18. The van der Waals surface area contributed by atoms with Crippen LogP contribution >= 0.6 is 0 Å². The normalized spacial score (nSPS) is 16.8. The number of piperidine rings is 1. The van der Waals surface area contributed by atoms with Crippen LogP contribution < -0.4 is 10.6 Å². The van der Waals surface area contributed by atoms with Gasteiger partial charge in [-0.15, -0.1) is 0 Å². The molecule has 1 fully saturated rings. The van der Waals surface area contributed by atoms with Gasteiger partial charge in [-0.1, -0.05) is 0 Å². The third kappa shape index (κ3) is 2.51. The predicted octanol–water partition coefficient (Wildman–Crippen LogP) is 1.35. The Hall–Kier alpha value is -1.73. The summed E-state index contributed by atoms with van der Waals surface area (Å²) in [5.41, 5.74) is 7.93. The molecule has 0 amide bonds. The lowest BCUT2D eigenvalue weighted by Crippen LogP contribution is -2.34. The number of nitrogens with zero attached hydrogens (tertiary/aromatic N) is 2. The first-order valence-corrected chi connectivity index (χ1v) is 5.90. The van der Waals surface area contributed by atoms with E-state index in [1.165, 1.54) is 0 Å². The van der Waals surface area contributed by atoms with Crippen molar-refractivity contribution in [2.45, 2.75) is 12.8 Å². The number of aliphatic hydroxyl groups excluding tert-OH is 1. The van der Waals surface area contributed by atoms with Crippen LogP contribution in [0, 0.1) is 17.2 Å². The van der Waals surface area contributed by atoms with Gasteiger partial charge in [-0.05, 0) is 37.0 Å². The Balaban J connectivity index is 2.09. The zero-order valence-electron chi connectivity index (χ0n) is 9.76. The van der Waals surface area contributed by atoms with Gasteiger partial charge >= 0.3 is 0 Å². The van der Waals surface area contributed by atoms with Gasteiger partial charge in [0.05, 0.1) is 11.3 Å². The molecular formula is C13H17N3O. The van der Waals surface area contributed by atoms with Crippen molar-refractivity contribution in [2.75, 3.05) is 30.3 Å². The molecule has 1 aliphatic rings. The topological polar surface area (TPSA) is 73.3 Å². The molecule has 0 saturated carbocycles. The maximum absolute atomic E-state index is 9.09. The van der Waals surface area contributed by atoms with Gasteiger partial charge in [-0.25, -0.2) is 0 Å². The zero-order valence-corrected chi connectivity index (χ0v) is 9.76. The van der Waals surface area contributed by atoms with E-state index in [2.05, 4.69) is 11.0 Å². The van der Waals surface area contributed by atoms with E-state index in [-0.39, 0.29) is 6.61 Å². The first-order chi connectivity index (χ1) is 8.24. The first kappa shape index (κ1) is 11.7. The molecule has 3 N–H and O–H groups in total. The minimum Gasteiger partial charge on any atom is -0.398 e. The Morgan fingerprint density at radius 2 is 2.12 bits per heavy atom. The first-order valence-electron chi connectivity index (χ1n) is 5.90. The number of hydrogen-bond donors (Lipinski definition) is 2. The Kier molecular flexibility index (Phi) is 3.50. The van der Waals surface area contributed by atoms with Crippen LogP contribution in [-0.4, -0.2) is 24.8 Å². The SMILES string of the molecule is N#Cc1ccc(N2CCC(CO)CC2)cc1N. The quantitative estimate of drug-likeness (QED) is 0.753. The van der Waals surface area contributed by atoms with Crippen molar-refractivity contribution in [1.29, 1.82) is 5.26 Å². The number of nitrogens with two attached hydrogens (primary N) is 1. The van der Waals surface area contributed by atoms with Crippen molar-refractivity contribution >= 4 is 11.4 Å². The van der Waals surface area contributed by atoms with Gasteiger partial charge in [0.2, 0.25) is 0 Å². The van der Waals surface area contributed by atoms with Gasteiger partial charge < -0.3 is 15.7 Å². The second-order valence-corrected chi connectivity index (χ2v) is 4.50. The van der Waals surface area contributed by atoms with Crippen molar-refractivity contribution in [3.63, 3.8) is 0 Å². The van der Waals surface area contributed by atoms with Crippen LogP contribution in [0.5, 0.6) is 0 Å². The summed E-state index contributed by atoms with van der Waals surface area (Å²) in [6, 6.07) is 7.63. The molecule has 1 aromatic carbocycles. The Bertz CT molecular complexity index is 431. The summed E-state index contributed by atoms with van der Waals surface area (Å²) >= 11 is 0. The van der Waals surface area contributed by atoms with Gasteiger partial charge in [-0.3, -0.25) is 0 Å². The molecule has 17 heavy (non-hydrogen) atoms. The Labute approximate surface area is 101 Å². The zero-order chi connectivity index (χ0) is 12.3. The van der Waals surface area contributed by atoms with Gasteiger partial charge in [0, 0.05) is 25.4 Å². The number of nitriles is 1. The van der Waals surface area contributed by atoms with Gasteiger partial charge in [-0.2, -0.15) is 5.26 Å². The van der Waals surface area contributed by atoms with Gasteiger partial charge in [0.15, 0.2) is 0 Å². The van der Waals surface area contributed by atoms with Crippen molar-refractivity contribution in [3.05, 3.63) is 23.8 Å². The lowest BCUT2D eigenvalue weighted by atomic mass is 9.97. The minimum absolute atomic E-state index is 0.281. The van der Waals surface area contributed by atoms with Crippen LogP contribution in [0.25, 0.3) is 0 Å². The number of anilines is 2. The average Bonchev–Trinajstić information content (AvgIpc) is 2.39. The van der Waals surface area contributed by atoms with Crippen LogP contribution in [-0.2, 0) is 0 Å². The number of benzene rings is 1. The predicted molar refractivity (Wildman–Crippen MR) is 67.6 cm³/mol. The molecule has 2 rings (SSSR count). The van der Waals surface area contributed by atoms with E-state index in [9.17, 15) is 0 Å². The lowest BCUT2D eigenvalue weighted by molar-refractivity contribution is 0.203. The molecule has 0 radical (unpaired) electrons. The van der Waals surface area contributed by atoms with E-state index >= 15 is 0 Å². The summed E-state index contributed by atoms with van der Waals surface area (Å²) in [5, 5.41) is 17.9. The summed E-state index contributed by atoms with van der Waals surface area (Å²) in [4.78, 5) is 2.25. The van der Waals surface area contributed by atoms with Crippen LogP contribution in [0.1, 0.15) is 18.4 Å². The molecule has 90 valence electrons. The molecule has 1 aromatic rings. The fourth-order valence-electron chi connectivity index (χ4n) is 2.22. The monoisotopic (exact) mass is 231 g/mol. The van der Waals surface area contributed by atoms with Crippen molar-refractivity contribution in [3.8, 4) is 6.07 Å². The molecule has 0 aromatic heterocycles.